The van der Waals surface area contributed by atoms with E-state index in [-0.39, 0.29) is 17.2 Å². The fourth-order valence-corrected chi connectivity index (χ4v) is 2.89. The van der Waals surface area contributed by atoms with Crippen LogP contribution in [0.25, 0.3) is 0 Å². The number of hydrogen-bond donors (Lipinski definition) is 1. The Morgan fingerprint density at radius 2 is 2.06 bits per heavy atom. The van der Waals surface area contributed by atoms with E-state index in [1.54, 1.807) is 0 Å². The van der Waals surface area contributed by atoms with Crippen LogP contribution in [0.2, 0.25) is 0 Å². The second-order valence-electron chi connectivity index (χ2n) is 4.58. The van der Waals surface area contributed by atoms with E-state index in [4.69, 9.17) is 0 Å². The summed E-state index contributed by atoms with van der Waals surface area (Å²) < 4.78 is 0. The first-order valence-corrected chi connectivity index (χ1v) is 6.74. The molecule has 2 amide bonds. The molecule has 1 N–H and O–H groups in total. The van der Waals surface area contributed by atoms with Crippen molar-refractivity contribution in [3.8, 4) is 0 Å². The molecule has 2 rings (SSSR count). The van der Waals surface area contributed by atoms with Gasteiger partial charge >= 0.3 is 0 Å². The first-order valence-electron chi connectivity index (χ1n) is 5.86. The number of nitrogens with one attached hydrogen (secondary N) is 1. The molecule has 1 atom stereocenters. The van der Waals surface area contributed by atoms with E-state index in [1.165, 1.54) is 4.90 Å². The average Bonchev–Trinajstić information content (AvgIpc) is 2.54. The molecule has 0 aromatic heterocycles. The molecule has 1 fully saturated rings. The molecule has 1 unspecified atom stereocenters. The number of hydrogen-bond acceptors (Lipinski definition) is 4. The van der Waals surface area contributed by atoms with E-state index >= 15 is 0 Å². The van der Waals surface area contributed by atoms with Crippen molar-refractivity contribution in [1.29, 1.82) is 0 Å². The lowest BCUT2D eigenvalue weighted by molar-refractivity contribution is -0.127. The van der Waals surface area contributed by atoms with Crippen molar-refractivity contribution in [2.24, 2.45) is 0 Å². The predicted octanol–water partition coefficient (Wildman–Crippen LogP) is 2.84. The SMILES string of the molecule is Cc1cccc(NC2SC(=O)N(C(C)C)C2=O)c1. The fourth-order valence-electron chi connectivity index (χ4n) is 1.87. The number of thioether (sulfide) groups is 1. The van der Waals surface area contributed by atoms with Crippen molar-refractivity contribution < 1.29 is 9.59 Å². The zero-order chi connectivity index (χ0) is 13.3. The molecule has 0 radical (unpaired) electrons. The molecule has 1 saturated heterocycles. The first-order chi connectivity index (χ1) is 8.49. The second kappa shape index (κ2) is 5.02. The molecule has 1 aliphatic rings. The molecule has 4 nitrogen and oxygen atoms in total. The van der Waals surface area contributed by atoms with Gasteiger partial charge in [-0.25, -0.2) is 0 Å². The van der Waals surface area contributed by atoms with Crippen molar-refractivity contribution in [1.82, 2.24) is 4.90 Å². The summed E-state index contributed by atoms with van der Waals surface area (Å²) in [7, 11) is 0. The third-order valence-electron chi connectivity index (χ3n) is 2.71. The van der Waals surface area contributed by atoms with Crippen molar-refractivity contribution in [2.75, 3.05) is 5.32 Å². The molecule has 1 heterocycles. The Balaban J connectivity index is 2.12. The van der Waals surface area contributed by atoms with Crippen molar-refractivity contribution >= 4 is 28.6 Å². The maximum absolute atomic E-state index is 12.1. The Kier molecular flexibility index (Phi) is 3.61. The van der Waals surface area contributed by atoms with Crippen LogP contribution in [0.3, 0.4) is 0 Å². The van der Waals surface area contributed by atoms with Gasteiger partial charge in [0.15, 0.2) is 5.37 Å². The monoisotopic (exact) mass is 264 g/mol. The van der Waals surface area contributed by atoms with Gasteiger partial charge in [-0.05, 0) is 50.2 Å². The topological polar surface area (TPSA) is 49.4 Å². The third kappa shape index (κ3) is 2.51. The maximum Gasteiger partial charge on any atom is 0.291 e. The van der Waals surface area contributed by atoms with Crippen LogP contribution in [-0.4, -0.2) is 27.5 Å². The second-order valence-corrected chi connectivity index (χ2v) is 5.64. The molecule has 0 bridgehead atoms. The van der Waals surface area contributed by atoms with Crippen molar-refractivity contribution in [3.05, 3.63) is 29.8 Å². The van der Waals surface area contributed by atoms with Gasteiger partial charge in [-0.2, -0.15) is 0 Å². The van der Waals surface area contributed by atoms with Gasteiger partial charge in [0, 0.05) is 11.7 Å². The number of benzene rings is 1. The zero-order valence-corrected chi connectivity index (χ0v) is 11.5. The molecule has 1 aliphatic heterocycles. The van der Waals surface area contributed by atoms with Gasteiger partial charge < -0.3 is 5.32 Å². The Labute approximate surface area is 111 Å². The molecule has 0 spiro atoms. The first kappa shape index (κ1) is 13.0. The summed E-state index contributed by atoms with van der Waals surface area (Å²) in [6.45, 7) is 5.66. The number of anilines is 1. The number of aryl methyl sites for hydroxylation is 1. The number of nitrogens with zero attached hydrogens (tertiary/aromatic N) is 1. The third-order valence-corrected chi connectivity index (χ3v) is 3.66. The van der Waals surface area contributed by atoms with Gasteiger partial charge in [-0.1, -0.05) is 12.1 Å². The predicted molar refractivity (Wildman–Crippen MR) is 73.6 cm³/mol. The van der Waals surface area contributed by atoms with E-state index in [9.17, 15) is 9.59 Å². The van der Waals surface area contributed by atoms with Crippen molar-refractivity contribution in [2.45, 2.75) is 32.2 Å². The van der Waals surface area contributed by atoms with Gasteiger partial charge in [0.05, 0.1) is 0 Å². The largest absolute Gasteiger partial charge is 0.365 e. The van der Waals surface area contributed by atoms with Gasteiger partial charge in [0.2, 0.25) is 0 Å². The summed E-state index contributed by atoms with van der Waals surface area (Å²) in [5.41, 5.74) is 1.97. The molecule has 18 heavy (non-hydrogen) atoms. The van der Waals surface area contributed by atoms with Crippen LogP contribution in [0, 0.1) is 6.92 Å². The van der Waals surface area contributed by atoms with Gasteiger partial charge in [-0.3, -0.25) is 14.5 Å². The summed E-state index contributed by atoms with van der Waals surface area (Å²) in [4.78, 5) is 25.1. The number of carbonyl (C=O) groups is 2. The minimum absolute atomic E-state index is 0.0955. The number of rotatable bonds is 3. The molecular weight excluding hydrogens is 248 g/mol. The average molecular weight is 264 g/mol. The highest BCUT2D eigenvalue weighted by molar-refractivity contribution is 8.15. The van der Waals surface area contributed by atoms with Crippen LogP contribution < -0.4 is 5.32 Å². The molecule has 0 aliphatic carbocycles. The fraction of sp³-hybridized carbons (Fsp3) is 0.385. The highest BCUT2D eigenvalue weighted by atomic mass is 32.2. The smallest absolute Gasteiger partial charge is 0.291 e. The standard InChI is InChI=1S/C13H16N2O2S/c1-8(2)15-12(16)11(18-13(15)17)14-10-6-4-5-9(3)7-10/h4-8,11,14H,1-3H3. The quantitative estimate of drug-likeness (QED) is 0.912. The number of amides is 2. The lowest BCUT2D eigenvalue weighted by Gasteiger charge is -2.18. The summed E-state index contributed by atoms with van der Waals surface area (Å²) in [5.74, 6) is -0.165. The van der Waals surface area contributed by atoms with Crippen LogP contribution in [-0.2, 0) is 4.79 Å². The normalized spacial score (nSPS) is 19.8. The van der Waals surface area contributed by atoms with Gasteiger partial charge in [0.1, 0.15) is 0 Å². The Bertz CT molecular complexity index is 488. The minimum Gasteiger partial charge on any atom is -0.365 e. The number of imide groups is 1. The lowest BCUT2D eigenvalue weighted by Crippen LogP contribution is -2.38. The molecular formula is C13H16N2O2S. The summed E-state index contributed by atoms with van der Waals surface area (Å²) in [6.07, 6.45) is 0. The van der Waals surface area contributed by atoms with Gasteiger partial charge in [0.25, 0.3) is 11.1 Å². The van der Waals surface area contributed by atoms with Gasteiger partial charge in [-0.15, -0.1) is 0 Å². The van der Waals surface area contributed by atoms with E-state index < -0.39 is 5.37 Å². The maximum atomic E-state index is 12.1. The van der Waals surface area contributed by atoms with E-state index in [1.807, 2.05) is 45.0 Å². The molecule has 96 valence electrons. The van der Waals surface area contributed by atoms with E-state index in [0.29, 0.717) is 0 Å². The van der Waals surface area contributed by atoms with Crippen LogP contribution in [0.4, 0.5) is 10.5 Å². The van der Waals surface area contributed by atoms with Crippen LogP contribution in [0.5, 0.6) is 0 Å². The lowest BCUT2D eigenvalue weighted by atomic mass is 10.2. The molecule has 5 heteroatoms. The Morgan fingerprint density at radius 1 is 1.33 bits per heavy atom. The van der Waals surface area contributed by atoms with Crippen LogP contribution in [0.1, 0.15) is 19.4 Å². The molecule has 1 aromatic carbocycles. The highest BCUT2D eigenvalue weighted by Crippen LogP contribution is 2.29. The Morgan fingerprint density at radius 3 is 2.61 bits per heavy atom. The minimum atomic E-state index is -0.512. The molecule has 1 aromatic rings. The highest BCUT2D eigenvalue weighted by Gasteiger charge is 2.40. The van der Waals surface area contributed by atoms with Crippen LogP contribution in [0.15, 0.2) is 24.3 Å². The summed E-state index contributed by atoms with van der Waals surface area (Å²) in [6, 6.07) is 7.66. The van der Waals surface area contributed by atoms with Crippen LogP contribution >= 0.6 is 11.8 Å². The Hall–Kier alpha value is -1.49. The number of carbonyl (C=O) groups excluding carboxylic acids is 2. The molecule has 0 saturated carbocycles. The summed E-state index contributed by atoms with van der Waals surface area (Å²) >= 11 is 1.04. The van der Waals surface area contributed by atoms with E-state index in [2.05, 4.69) is 5.32 Å². The van der Waals surface area contributed by atoms with Crippen molar-refractivity contribution in [3.63, 3.8) is 0 Å². The zero-order valence-electron chi connectivity index (χ0n) is 10.6. The summed E-state index contributed by atoms with van der Waals surface area (Å²) in [5, 5.41) is 2.40. The van der Waals surface area contributed by atoms with E-state index in [0.717, 1.165) is 23.0 Å².